The fourth-order valence-corrected chi connectivity index (χ4v) is 4.72. The monoisotopic (exact) mass is 400 g/mol. The van der Waals surface area contributed by atoms with Crippen LogP contribution in [-0.2, 0) is 24.3 Å². The largest absolute Gasteiger partial charge is 0.378 e. The van der Waals surface area contributed by atoms with Gasteiger partial charge >= 0.3 is 0 Å². The summed E-state index contributed by atoms with van der Waals surface area (Å²) in [5.74, 6) is -0.641. The summed E-state index contributed by atoms with van der Waals surface area (Å²) >= 11 is 0. The van der Waals surface area contributed by atoms with E-state index in [4.69, 9.17) is 9.47 Å². The van der Waals surface area contributed by atoms with Crippen LogP contribution in [-0.4, -0.2) is 75.6 Å². The molecular formula is C18H25FN2O5S. The number of hydrogen-bond donors (Lipinski definition) is 0. The van der Waals surface area contributed by atoms with E-state index in [0.29, 0.717) is 26.3 Å². The molecule has 2 heterocycles. The first-order valence-corrected chi connectivity index (χ1v) is 10.6. The Kier molecular flexibility index (Phi) is 6.80. The average molecular weight is 400 g/mol. The fourth-order valence-electron chi connectivity index (χ4n) is 3.26. The van der Waals surface area contributed by atoms with Gasteiger partial charge in [0.05, 0.1) is 30.6 Å². The zero-order chi connectivity index (χ0) is 19.3. The van der Waals surface area contributed by atoms with Crippen LogP contribution in [0.15, 0.2) is 29.2 Å². The molecule has 0 N–H and O–H groups in total. The maximum Gasteiger partial charge on any atom is 0.243 e. The van der Waals surface area contributed by atoms with Gasteiger partial charge in [0, 0.05) is 32.8 Å². The molecule has 1 amide bonds. The number of benzene rings is 1. The molecule has 2 aliphatic rings. The molecule has 1 aromatic rings. The van der Waals surface area contributed by atoms with E-state index in [1.165, 1.54) is 22.5 Å². The topological polar surface area (TPSA) is 76.2 Å². The molecule has 1 atom stereocenters. The lowest BCUT2D eigenvalue weighted by atomic mass is 10.2. The second kappa shape index (κ2) is 9.09. The van der Waals surface area contributed by atoms with Crippen molar-refractivity contribution in [1.29, 1.82) is 0 Å². The van der Waals surface area contributed by atoms with Crippen LogP contribution in [0.1, 0.15) is 19.3 Å². The van der Waals surface area contributed by atoms with Crippen LogP contribution in [0.25, 0.3) is 0 Å². The summed E-state index contributed by atoms with van der Waals surface area (Å²) in [5.41, 5.74) is 0. The Morgan fingerprint density at radius 3 is 2.70 bits per heavy atom. The van der Waals surface area contributed by atoms with E-state index in [-0.39, 0.29) is 36.4 Å². The van der Waals surface area contributed by atoms with Crippen LogP contribution in [0.2, 0.25) is 0 Å². The van der Waals surface area contributed by atoms with Gasteiger partial charge in [0.25, 0.3) is 0 Å². The number of piperazine rings is 1. The zero-order valence-electron chi connectivity index (χ0n) is 15.2. The van der Waals surface area contributed by atoms with Crippen molar-refractivity contribution in [3.8, 4) is 0 Å². The van der Waals surface area contributed by atoms with Crippen molar-refractivity contribution in [3.05, 3.63) is 30.1 Å². The Balaban J connectivity index is 1.43. The fraction of sp³-hybridized carbons (Fsp3) is 0.611. The van der Waals surface area contributed by atoms with Crippen molar-refractivity contribution >= 4 is 15.9 Å². The Morgan fingerprint density at radius 1 is 1.26 bits per heavy atom. The number of amides is 1. The highest BCUT2D eigenvalue weighted by Gasteiger charge is 2.30. The smallest absolute Gasteiger partial charge is 0.243 e. The molecule has 9 heteroatoms. The Bertz CT molecular complexity index is 744. The third-order valence-corrected chi connectivity index (χ3v) is 6.71. The van der Waals surface area contributed by atoms with E-state index in [0.717, 1.165) is 25.5 Å². The standard InChI is InChI=1S/C18H25FN2O5S/c19-15-3-1-5-17(13-15)27(23,24)21-9-7-20(8-10-21)18(22)6-12-25-14-16-4-2-11-26-16/h1,3,5,13,16H,2,4,6-12,14H2. The molecule has 2 saturated heterocycles. The Morgan fingerprint density at radius 2 is 2.04 bits per heavy atom. The first-order valence-electron chi connectivity index (χ1n) is 9.19. The van der Waals surface area contributed by atoms with Crippen LogP contribution in [0.3, 0.4) is 0 Å². The molecule has 0 bridgehead atoms. The van der Waals surface area contributed by atoms with Crippen LogP contribution in [0.5, 0.6) is 0 Å². The van der Waals surface area contributed by atoms with Crippen molar-refractivity contribution in [2.45, 2.75) is 30.3 Å². The van der Waals surface area contributed by atoms with Crippen LogP contribution < -0.4 is 0 Å². The number of sulfonamides is 1. The minimum absolute atomic E-state index is 0.0508. The molecule has 0 saturated carbocycles. The number of carbonyl (C=O) groups is 1. The SMILES string of the molecule is O=C(CCOCC1CCCO1)N1CCN(S(=O)(=O)c2cccc(F)c2)CC1. The molecular weight excluding hydrogens is 375 g/mol. The highest BCUT2D eigenvalue weighted by molar-refractivity contribution is 7.89. The van der Waals surface area contributed by atoms with Gasteiger partial charge in [0.2, 0.25) is 15.9 Å². The van der Waals surface area contributed by atoms with Gasteiger partial charge in [-0.2, -0.15) is 4.31 Å². The number of ether oxygens (including phenoxy) is 2. The molecule has 1 unspecified atom stereocenters. The van der Waals surface area contributed by atoms with Crippen LogP contribution in [0.4, 0.5) is 4.39 Å². The summed E-state index contributed by atoms with van der Waals surface area (Å²) in [6.45, 7) is 2.64. The molecule has 0 aromatic heterocycles. The molecule has 7 nitrogen and oxygen atoms in total. The minimum Gasteiger partial charge on any atom is -0.378 e. The Labute approximate surface area is 159 Å². The van der Waals surface area contributed by atoms with Gasteiger partial charge in [-0.1, -0.05) is 6.07 Å². The van der Waals surface area contributed by atoms with Crippen molar-refractivity contribution in [1.82, 2.24) is 9.21 Å². The van der Waals surface area contributed by atoms with E-state index >= 15 is 0 Å². The van der Waals surface area contributed by atoms with Gasteiger partial charge in [-0.15, -0.1) is 0 Å². The van der Waals surface area contributed by atoms with E-state index in [2.05, 4.69) is 0 Å². The summed E-state index contributed by atoms with van der Waals surface area (Å²) < 4.78 is 50.7. The molecule has 0 aliphatic carbocycles. The summed E-state index contributed by atoms with van der Waals surface area (Å²) in [5, 5.41) is 0. The van der Waals surface area contributed by atoms with Crippen molar-refractivity contribution in [2.75, 3.05) is 46.0 Å². The summed E-state index contributed by atoms with van der Waals surface area (Å²) in [7, 11) is -3.75. The van der Waals surface area contributed by atoms with Crippen molar-refractivity contribution in [2.24, 2.45) is 0 Å². The number of rotatable bonds is 7. The van der Waals surface area contributed by atoms with Gasteiger partial charge in [-0.3, -0.25) is 4.79 Å². The quantitative estimate of drug-likeness (QED) is 0.644. The lowest BCUT2D eigenvalue weighted by Gasteiger charge is -2.34. The van der Waals surface area contributed by atoms with Crippen LogP contribution >= 0.6 is 0 Å². The summed E-state index contributed by atoms with van der Waals surface area (Å²) in [4.78, 5) is 13.8. The molecule has 27 heavy (non-hydrogen) atoms. The zero-order valence-corrected chi connectivity index (χ0v) is 16.0. The Hall–Kier alpha value is -1.55. The van der Waals surface area contributed by atoms with Gasteiger partial charge in [-0.25, -0.2) is 12.8 Å². The van der Waals surface area contributed by atoms with Gasteiger partial charge in [0.15, 0.2) is 0 Å². The maximum absolute atomic E-state index is 13.3. The molecule has 2 aliphatic heterocycles. The average Bonchev–Trinajstić information content (AvgIpc) is 3.19. The predicted molar refractivity (Wildman–Crippen MR) is 96.1 cm³/mol. The number of carbonyl (C=O) groups excluding carboxylic acids is 1. The first kappa shape index (κ1) is 20.2. The molecule has 0 spiro atoms. The summed E-state index contributed by atoms with van der Waals surface area (Å²) in [6, 6.07) is 4.97. The van der Waals surface area contributed by atoms with E-state index in [1.54, 1.807) is 4.90 Å². The second-order valence-corrected chi connectivity index (χ2v) is 8.64. The molecule has 0 radical (unpaired) electrons. The van der Waals surface area contributed by atoms with Crippen molar-refractivity contribution < 1.29 is 27.1 Å². The summed E-state index contributed by atoms with van der Waals surface area (Å²) in [6.07, 6.45) is 2.45. The van der Waals surface area contributed by atoms with Gasteiger partial charge in [-0.05, 0) is 31.0 Å². The number of hydrogen-bond acceptors (Lipinski definition) is 5. The normalized spacial score (nSPS) is 21.5. The highest BCUT2D eigenvalue weighted by Crippen LogP contribution is 2.19. The third kappa shape index (κ3) is 5.25. The van der Waals surface area contributed by atoms with E-state index < -0.39 is 15.8 Å². The lowest BCUT2D eigenvalue weighted by molar-refractivity contribution is -0.133. The predicted octanol–water partition coefficient (Wildman–Crippen LogP) is 1.24. The first-order chi connectivity index (χ1) is 13.0. The van der Waals surface area contributed by atoms with Crippen LogP contribution in [0, 0.1) is 5.82 Å². The van der Waals surface area contributed by atoms with Gasteiger partial charge < -0.3 is 14.4 Å². The molecule has 3 rings (SSSR count). The third-order valence-electron chi connectivity index (χ3n) is 4.81. The molecule has 150 valence electrons. The highest BCUT2D eigenvalue weighted by atomic mass is 32.2. The van der Waals surface area contributed by atoms with Crippen molar-refractivity contribution in [3.63, 3.8) is 0 Å². The number of halogens is 1. The van der Waals surface area contributed by atoms with E-state index in [1.807, 2.05) is 0 Å². The minimum atomic E-state index is -3.75. The molecule has 1 aromatic carbocycles. The second-order valence-electron chi connectivity index (χ2n) is 6.70. The number of nitrogens with zero attached hydrogens (tertiary/aromatic N) is 2. The van der Waals surface area contributed by atoms with E-state index in [9.17, 15) is 17.6 Å². The maximum atomic E-state index is 13.3. The molecule has 2 fully saturated rings. The van der Waals surface area contributed by atoms with Gasteiger partial charge in [0.1, 0.15) is 5.82 Å². The lowest BCUT2D eigenvalue weighted by Crippen LogP contribution is -2.50.